The second-order valence-electron chi connectivity index (χ2n) is 3.79. The van der Waals surface area contributed by atoms with Gasteiger partial charge in [-0.3, -0.25) is 4.98 Å². The fourth-order valence-electron chi connectivity index (χ4n) is 2.13. The van der Waals surface area contributed by atoms with Crippen LogP contribution < -0.4 is 5.32 Å². The second kappa shape index (κ2) is 4.30. The number of benzene rings is 1. The van der Waals surface area contributed by atoms with Gasteiger partial charge in [0, 0.05) is 23.8 Å². The number of para-hydroxylation sites is 1. The van der Waals surface area contributed by atoms with E-state index in [1.807, 2.05) is 26.1 Å². The Balaban J connectivity index is 2.90. The van der Waals surface area contributed by atoms with Crippen LogP contribution in [0.1, 0.15) is 18.2 Å². The number of aromatic nitrogens is 1. The zero-order valence-electron chi connectivity index (χ0n) is 9.76. The first-order chi connectivity index (χ1) is 7.69. The summed E-state index contributed by atoms with van der Waals surface area (Å²) in [6.45, 7) is 4.17. The fraction of sp³-hybridized carbons (Fsp3) is 0.308. The molecule has 0 unspecified atom stereocenters. The van der Waals surface area contributed by atoms with E-state index in [4.69, 9.17) is 11.6 Å². The molecule has 0 bridgehead atoms. The molecule has 1 N–H and O–H groups in total. The van der Waals surface area contributed by atoms with Crippen LogP contribution in [0.4, 0.5) is 5.69 Å². The van der Waals surface area contributed by atoms with Gasteiger partial charge >= 0.3 is 0 Å². The zero-order valence-corrected chi connectivity index (χ0v) is 10.5. The Kier molecular flexibility index (Phi) is 3.01. The number of halogens is 1. The summed E-state index contributed by atoms with van der Waals surface area (Å²) in [5.41, 5.74) is 4.33. The third-order valence-electron chi connectivity index (χ3n) is 2.88. The summed E-state index contributed by atoms with van der Waals surface area (Å²) in [6, 6.07) is 5.89. The average Bonchev–Trinajstić information content (AvgIpc) is 2.28. The van der Waals surface area contributed by atoms with Gasteiger partial charge in [0.05, 0.1) is 10.5 Å². The second-order valence-corrected chi connectivity index (χ2v) is 4.20. The Labute approximate surface area is 101 Å². The molecule has 0 spiro atoms. The van der Waals surface area contributed by atoms with Crippen LogP contribution in [0.25, 0.3) is 10.9 Å². The van der Waals surface area contributed by atoms with Gasteiger partial charge in [-0.1, -0.05) is 30.7 Å². The molecule has 3 heteroatoms. The lowest BCUT2D eigenvalue weighted by Crippen LogP contribution is -2.01. The van der Waals surface area contributed by atoms with Gasteiger partial charge in [0.1, 0.15) is 0 Å². The van der Waals surface area contributed by atoms with Gasteiger partial charge in [-0.25, -0.2) is 0 Å². The van der Waals surface area contributed by atoms with Crippen molar-refractivity contribution in [2.45, 2.75) is 20.3 Å². The summed E-state index contributed by atoms with van der Waals surface area (Å²) in [5.74, 6) is 0. The van der Waals surface area contributed by atoms with Crippen LogP contribution in [0.5, 0.6) is 0 Å². The number of pyridine rings is 1. The van der Waals surface area contributed by atoms with Crippen molar-refractivity contribution >= 4 is 28.2 Å². The minimum absolute atomic E-state index is 0.708. The number of anilines is 1. The third kappa shape index (κ3) is 1.63. The van der Waals surface area contributed by atoms with Crippen molar-refractivity contribution in [3.05, 3.63) is 34.5 Å². The smallest absolute Gasteiger partial charge is 0.0912 e. The van der Waals surface area contributed by atoms with E-state index in [-0.39, 0.29) is 0 Å². The van der Waals surface area contributed by atoms with Crippen LogP contribution in [0, 0.1) is 6.92 Å². The van der Waals surface area contributed by atoms with Gasteiger partial charge in [-0.05, 0) is 25.0 Å². The monoisotopic (exact) mass is 234 g/mol. The summed E-state index contributed by atoms with van der Waals surface area (Å²) in [4.78, 5) is 4.58. The summed E-state index contributed by atoms with van der Waals surface area (Å²) in [5, 5.41) is 5.06. The lowest BCUT2D eigenvalue weighted by molar-refractivity contribution is 1.07. The minimum atomic E-state index is 0.708. The van der Waals surface area contributed by atoms with E-state index in [1.165, 1.54) is 5.56 Å². The highest BCUT2D eigenvalue weighted by molar-refractivity contribution is 6.35. The van der Waals surface area contributed by atoms with E-state index >= 15 is 0 Å². The Morgan fingerprint density at radius 1 is 1.38 bits per heavy atom. The minimum Gasteiger partial charge on any atom is -0.387 e. The molecule has 0 amide bonds. The van der Waals surface area contributed by atoms with Crippen LogP contribution in [-0.4, -0.2) is 12.0 Å². The van der Waals surface area contributed by atoms with Gasteiger partial charge in [-0.15, -0.1) is 0 Å². The molecule has 0 aliphatic heterocycles. The van der Waals surface area contributed by atoms with Crippen molar-refractivity contribution in [1.82, 2.24) is 4.98 Å². The lowest BCUT2D eigenvalue weighted by atomic mass is 10.0. The molecular weight excluding hydrogens is 220 g/mol. The van der Waals surface area contributed by atoms with Gasteiger partial charge in [-0.2, -0.15) is 0 Å². The molecule has 0 aliphatic carbocycles. The predicted molar refractivity (Wildman–Crippen MR) is 70.4 cm³/mol. The van der Waals surface area contributed by atoms with Gasteiger partial charge in [0.2, 0.25) is 0 Å². The summed E-state index contributed by atoms with van der Waals surface area (Å²) in [6.07, 6.45) is 0.970. The van der Waals surface area contributed by atoms with Crippen molar-refractivity contribution in [3.63, 3.8) is 0 Å². The van der Waals surface area contributed by atoms with Crippen LogP contribution in [0.3, 0.4) is 0 Å². The van der Waals surface area contributed by atoms with E-state index in [0.29, 0.717) is 5.02 Å². The quantitative estimate of drug-likeness (QED) is 0.855. The maximum atomic E-state index is 6.16. The molecular formula is C13H15ClN2. The highest BCUT2D eigenvalue weighted by atomic mass is 35.5. The molecule has 1 aromatic heterocycles. The summed E-state index contributed by atoms with van der Waals surface area (Å²) < 4.78 is 0. The molecule has 0 atom stereocenters. The molecule has 0 radical (unpaired) electrons. The fourth-order valence-corrected chi connectivity index (χ4v) is 2.34. The molecule has 0 aliphatic rings. The first kappa shape index (κ1) is 11.2. The van der Waals surface area contributed by atoms with E-state index < -0.39 is 0 Å². The van der Waals surface area contributed by atoms with Crippen LogP contribution in [0.15, 0.2) is 18.2 Å². The average molecular weight is 235 g/mol. The van der Waals surface area contributed by atoms with E-state index in [2.05, 4.69) is 23.3 Å². The number of fused-ring (bicyclic) bond motifs is 1. The normalized spacial score (nSPS) is 10.8. The Morgan fingerprint density at radius 2 is 2.12 bits per heavy atom. The molecule has 84 valence electrons. The standard InChI is InChI=1S/C13H15ClN2/c1-4-9-8(2)16-13-10(12(9)15-3)6-5-7-11(13)14/h5-7H,4H2,1-3H3,(H,15,16). The number of hydrogen-bond donors (Lipinski definition) is 1. The lowest BCUT2D eigenvalue weighted by Gasteiger charge is -2.14. The molecule has 0 fully saturated rings. The summed E-state index contributed by atoms with van der Waals surface area (Å²) >= 11 is 6.16. The van der Waals surface area contributed by atoms with Crippen molar-refractivity contribution in [2.24, 2.45) is 0 Å². The molecule has 2 aromatic rings. The van der Waals surface area contributed by atoms with Crippen molar-refractivity contribution in [2.75, 3.05) is 12.4 Å². The Bertz CT molecular complexity index is 535. The molecule has 2 rings (SSSR count). The largest absolute Gasteiger partial charge is 0.387 e. The number of nitrogens with zero attached hydrogens (tertiary/aromatic N) is 1. The number of nitrogens with one attached hydrogen (secondary N) is 1. The van der Waals surface area contributed by atoms with E-state index in [9.17, 15) is 0 Å². The van der Waals surface area contributed by atoms with E-state index in [1.54, 1.807) is 0 Å². The van der Waals surface area contributed by atoms with Crippen LogP contribution in [0.2, 0.25) is 5.02 Å². The third-order valence-corrected chi connectivity index (χ3v) is 3.18. The molecule has 0 saturated heterocycles. The van der Waals surface area contributed by atoms with Gasteiger partial charge < -0.3 is 5.32 Å². The van der Waals surface area contributed by atoms with Crippen LogP contribution in [-0.2, 0) is 6.42 Å². The molecule has 1 heterocycles. The highest BCUT2D eigenvalue weighted by Crippen LogP contribution is 2.31. The van der Waals surface area contributed by atoms with Crippen molar-refractivity contribution in [3.8, 4) is 0 Å². The predicted octanol–water partition coefficient (Wildman–Crippen LogP) is 3.80. The van der Waals surface area contributed by atoms with Crippen LogP contribution >= 0.6 is 11.6 Å². The first-order valence-corrected chi connectivity index (χ1v) is 5.82. The first-order valence-electron chi connectivity index (χ1n) is 5.44. The SMILES string of the molecule is CCc1c(C)nc2c(Cl)cccc2c1NC. The summed E-state index contributed by atoms with van der Waals surface area (Å²) in [7, 11) is 1.94. The molecule has 1 aromatic carbocycles. The number of hydrogen-bond acceptors (Lipinski definition) is 2. The number of rotatable bonds is 2. The maximum absolute atomic E-state index is 6.16. The zero-order chi connectivity index (χ0) is 11.7. The molecule has 16 heavy (non-hydrogen) atoms. The Morgan fingerprint density at radius 3 is 2.75 bits per heavy atom. The highest BCUT2D eigenvalue weighted by Gasteiger charge is 2.11. The van der Waals surface area contributed by atoms with Crippen molar-refractivity contribution in [1.29, 1.82) is 0 Å². The topological polar surface area (TPSA) is 24.9 Å². The van der Waals surface area contributed by atoms with Gasteiger partial charge in [0.25, 0.3) is 0 Å². The molecule has 2 nitrogen and oxygen atoms in total. The molecule has 0 saturated carbocycles. The Hall–Kier alpha value is -1.28. The number of aryl methyl sites for hydroxylation is 1. The van der Waals surface area contributed by atoms with E-state index in [0.717, 1.165) is 28.7 Å². The maximum Gasteiger partial charge on any atom is 0.0912 e. The van der Waals surface area contributed by atoms with Crippen molar-refractivity contribution < 1.29 is 0 Å². The van der Waals surface area contributed by atoms with Gasteiger partial charge in [0.15, 0.2) is 0 Å².